The van der Waals surface area contributed by atoms with Gasteiger partial charge >= 0.3 is 0 Å². The first-order chi connectivity index (χ1) is 16.9. The Morgan fingerprint density at radius 2 is 1.94 bits per heavy atom. The average Bonchev–Trinajstić information content (AvgIpc) is 2.83. The summed E-state index contributed by atoms with van der Waals surface area (Å²) in [7, 11) is -4.21. The van der Waals surface area contributed by atoms with Gasteiger partial charge in [0, 0.05) is 24.2 Å². The highest BCUT2D eigenvalue weighted by molar-refractivity contribution is 7.90. The van der Waals surface area contributed by atoms with Crippen LogP contribution in [0.3, 0.4) is 0 Å². The van der Waals surface area contributed by atoms with E-state index in [9.17, 15) is 13.2 Å². The number of rotatable bonds is 5. The van der Waals surface area contributed by atoms with Crippen molar-refractivity contribution in [1.29, 1.82) is 0 Å². The Morgan fingerprint density at radius 3 is 2.61 bits per heavy atom. The predicted octanol–water partition coefficient (Wildman–Crippen LogP) is 4.21. The number of nitrogen functional groups attached to an aromatic ring is 1. The van der Waals surface area contributed by atoms with Crippen LogP contribution in [0.25, 0.3) is 0 Å². The van der Waals surface area contributed by atoms with Crippen molar-refractivity contribution in [3.8, 4) is 0 Å². The highest BCUT2D eigenvalue weighted by Crippen LogP contribution is 2.41. The van der Waals surface area contributed by atoms with E-state index in [4.69, 9.17) is 10.7 Å². The number of nitrogens with two attached hydrogens (primary N) is 1. The van der Waals surface area contributed by atoms with Gasteiger partial charge in [0.2, 0.25) is 0 Å². The van der Waals surface area contributed by atoms with Gasteiger partial charge in [-0.2, -0.15) is 8.42 Å². The zero-order chi connectivity index (χ0) is 26.1. The van der Waals surface area contributed by atoms with Gasteiger partial charge in [0.05, 0.1) is 5.56 Å². The van der Waals surface area contributed by atoms with Crippen molar-refractivity contribution in [1.82, 2.24) is 14.7 Å². The van der Waals surface area contributed by atoms with E-state index in [2.05, 4.69) is 66.6 Å². The number of nitrogens with one attached hydrogen (secondary N) is 1. The second kappa shape index (κ2) is 9.69. The number of aromatic nitrogens is 2. The average molecular weight is 510 g/mol. The molecule has 1 fully saturated rings. The number of piperidine rings is 1. The zero-order valence-electron chi connectivity index (χ0n) is 21.4. The molecule has 0 radical (unpaired) electrons. The Hall–Kier alpha value is -3.20. The number of allylic oxidation sites excluding steroid dienone is 4. The molecule has 2 aliphatic rings. The van der Waals surface area contributed by atoms with E-state index in [0.717, 1.165) is 38.0 Å². The van der Waals surface area contributed by atoms with E-state index in [1.54, 1.807) is 12.1 Å². The highest BCUT2D eigenvalue weighted by Gasteiger charge is 2.36. The molecule has 3 heterocycles. The first kappa shape index (κ1) is 25.9. The van der Waals surface area contributed by atoms with Crippen LogP contribution in [-0.4, -0.2) is 37.4 Å². The van der Waals surface area contributed by atoms with Gasteiger partial charge in [-0.3, -0.25) is 4.79 Å². The maximum absolute atomic E-state index is 13.4. The van der Waals surface area contributed by atoms with Crippen LogP contribution in [0.5, 0.6) is 0 Å². The molecule has 0 spiro atoms. The minimum Gasteiger partial charge on any atom is -0.384 e. The number of sulfonamides is 1. The van der Waals surface area contributed by atoms with Crippen molar-refractivity contribution < 1.29 is 13.2 Å². The molecule has 1 aliphatic carbocycles. The summed E-state index contributed by atoms with van der Waals surface area (Å²) in [5.41, 5.74) is 6.50. The lowest BCUT2D eigenvalue weighted by Gasteiger charge is -2.43. The van der Waals surface area contributed by atoms with Crippen LogP contribution in [0.1, 0.15) is 63.0 Å². The van der Waals surface area contributed by atoms with Crippen LogP contribution in [0.2, 0.25) is 0 Å². The molecule has 4 rings (SSSR count). The minimum atomic E-state index is -4.21. The summed E-state index contributed by atoms with van der Waals surface area (Å²) < 4.78 is 27.9. The predicted molar refractivity (Wildman–Crippen MR) is 142 cm³/mol. The lowest BCUT2D eigenvalue weighted by Crippen LogP contribution is -2.44. The van der Waals surface area contributed by atoms with E-state index >= 15 is 0 Å². The molecule has 1 unspecified atom stereocenters. The number of nitrogens with zero attached hydrogens (tertiary/aromatic N) is 3. The summed E-state index contributed by atoms with van der Waals surface area (Å²) in [5, 5.41) is -0.306. The largest absolute Gasteiger partial charge is 0.384 e. The van der Waals surface area contributed by atoms with Crippen LogP contribution < -0.4 is 15.4 Å². The van der Waals surface area contributed by atoms with Crippen molar-refractivity contribution in [2.75, 3.05) is 23.7 Å². The molecule has 1 aliphatic heterocycles. The summed E-state index contributed by atoms with van der Waals surface area (Å²) in [6.45, 7) is 9.95. The molecule has 0 aromatic carbocycles. The van der Waals surface area contributed by atoms with Crippen molar-refractivity contribution >= 4 is 27.6 Å². The molecule has 2 aromatic heterocycles. The SMILES string of the molecule is CC(C)(C)c1ccc(C(=O)NS(=O)(=O)c2cccc(N)n2)c(N2CCC[C@H](C3(C)C=CC=CC3)C2)n1. The summed E-state index contributed by atoms with van der Waals surface area (Å²) in [6, 6.07) is 7.74. The Labute approximate surface area is 213 Å². The second-order valence-corrected chi connectivity index (χ2v) is 12.6. The molecule has 1 amide bonds. The number of carbonyl (C=O) groups is 1. The Kier molecular flexibility index (Phi) is 6.96. The summed E-state index contributed by atoms with van der Waals surface area (Å²) in [5.74, 6) is 0.209. The molecule has 1 saturated heterocycles. The molecule has 36 heavy (non-hydrogen) atoms. The Morgan fingerprint density at radius 1 is 1.17 bits per heavy atom. The van der Waals surface area contributed by atoms with Crippen molar-refractivity contribution in [2.45, 2.75) is 57.4 Å². The maximum Gasteiger partial charge on any atom is 0.281 e. The third-order valence-corrected chi connectivity index (χ3v) is 8.30. The van der Waals surface area contributed by atoms with Crippen LogP contribution in [0.15, 0.2) is 59.7 Å². The molecule has 9 heteroatoms. The second-order valence-electron chi connectivity index (χ2n) is 10.9. The molecular formula is C27H35N5O3S. The molecular weight excluding hydrogens is 474 g/mol. The Balaban J connectivity index is 1.68. The quantitative estimate of drug-likeness (QED) is 0.620. The molecule has 0 saturated carbocycles. The fourth-order valence-electron chi connectivity index (χ4n) is 4.85. The van der Waals surface area contributed by atoms with Crippen molar-refractivity contribution in [2.24, 2.45) is 11.3 Å². The van der Waals surface area contributed by atoms with Gasteiger partial charge in [0.15, 0.2) is 5.03 Å². The van der Waals surface area contributed by atoms with E-state index in [0.29, 0.717) is 11.7 Å². The topological polar surface area (TPSA) is 118 Å². The highest BCUT2D eigenvalue weighted by atomic mass is 32.2. The number of carbonyl (C=O) groups excluding carboxylic acids is 1. The lowest BCUT2D eigenvalue weighted by atomic mass is 9.69. The number of anilines is 2. The molecule has 8 nitrogen and oxygen atoms in total. The van der Waals surface area contributed by atoms with Gasteiger partial charge < -0.3 is 10.6 Å². The van der Waals surface area contributed by atoms with Gasteiger partial charge in [-0.25, -0.2) is 14.7 Å². The van der Waals surface area contributed by atoms with Crippen molar-refractivity contribution in [3.63, 3.8) is 0 Å². The number of hydrogen-bond donors (Lipinski definition) is 2. The fraction of sp³-hybridized carbons (Fsp3) is 0.444. The van der Waals surface area contributed by atoms with E-state index < -0.39 is 15.9 Å². The first-order valence-corrected chi connectivity index (χ1v) is 13.8. The Bertz CT molecular complexity index is 1310. The van der Waals surface area contributed by atoms with E-state index in [1.165, 1.54) is 18.2 Å². The van der Waals surface area contributed by atoms with Gasteiger partial charge in [0.25, 0.3) is 15.9 Å². The van der Waals surface area contributed by atoms with Crippen molar-refractivity contribution in [3.05, 3.63) is 65.9 Å². The first-order valence-electron chi connectivity index (χ1n) is 12.3. The van der Waals surface area contributed by atoms with E-state index in [1.807, 2.05) is 0 Å². The van der Waals surface area contributed by atoms with Gasteiger partial charge in [-0.1, -0.05) is 58.1 Å². The van der Waals surface area contributed by atoms with Crippen LogP contribution >= 0.6 is 0 Å². The standard InChI is InChI=1S/C27H35N5O3S/c1-26(2,3)21-14-13-20(25(33)31-36(34,35)23-12-8-11-22(28)30-23)24(29-21)32-17-9-10-19(18-32)27(4)15-6-5-7-16-27/h5-8,11-15,19H,9-10,16-18H2,1-4H3,(H2,28,30)(H,31,33)/t19-,27?/m0/s1. The molecule has 2 aromatic rings. The maximum atomic E-state index is 13.4. The van der Waals surface area contributed by atoms with Gasteiger partial charge in [-0.05, 0) is 54.9 Å². The third kappa shape index (κ3) is 5.46. The number of amides is 1. The zero-order valence-corrected chi connectivity index (χ0v) is 22.2. The summed E-state index contributed by atoms with van der Waals surface area (Å²) >= 11 is 0. The monoisotopic (exact) mass is 509 g/mol. The van der Waals surface area contributed by atoms with Crippen LogP contribution in [0.4, 0.5) is 11.6 Å². The smallest absolute Gasteiger partial charge is 0.281 e. The van der Waals surface area contributed by atoms with Gasteiger partial charge in [0.1, 0.15) is 11.6 Å². The third-order valence-electron chi connectivity index (χ3n) is 7.07. The number of hydrogen-bond acceptors (Lipinski definition) is 7. The van der Waals surface area contributed by atoms with Crippen LogP contribution in [0, 0.1) is 11.3 Å². The minimum absolute atomic E-state index is 0.0275. The molecule has 192 valence electrons. The van der Waals surface area contributed by atoms with E-state index in [-0.39, 0.29) is 27.2 Å². The number of pyridine rings is 2. The molecule has 2 atom stereocenters. The fourth-order valence-corrected chi connectivity index (χ4v) is 5.79. The van der Waals surface area contributed by atoms with Crippen LogP contribution in [-0.2, 0) is 15.4 Å². The summed E-state index contributed by atoms with van der Waals surface area (Å²) in [4.78, 5) is 24.3. The lowest BCUT2D eigenvalue weighted by molar-refractivity contribution is 0.0981. The molecule has 3 N–H and O–H groups in total. The molecule has 0 bridgehead atoms. The van der Waals surface area contributed by atoms with Gasteiger partial charge in [-0.15, -0.1) is 0 Å². The summed E-state index contributed by atoms with van der Waals surface area (Å²) in [6.07, 6.45) is 11.7. The normalized spacial score (nSPS) is 22.4.